The van der Waals surface area contributed by atoms with Crippen molar-refractivity contribution in [2.75, 3.05) is 18.6 Å². The summed E-state index contributed by atoms with van der Waals surface area (Å²) in [7, 11) is -2.82. The van der Waals surface area contributed by atoms with Gasteiger partial charge in [-0.25, -0.2) is 8.42 Å². The van der Waals surface area contributed by atoms with Crippen molar-refractivity contribution in [2.45, 2.75) is 39.7 Å². The van der Waals surface area contributed by atoms with Crippen LogP contribution >= 0.6 is 0 Å². The van der Waals surface area contributed by atoms with Gasteiger partial charge in [0.05, 0.1) is 5.75 Å². The number of hydrogen-bond acceptors (Lipinski definition) is 3. The minimum Gasteiger partial charge on any atom is -0.313 e. The number of sulfone groups is 1. The van der Waals surface area contributed by atoms with E-state index in [0.717, 1.165) is 6.42 Å². The first-order valence-electron chi connectivity index (χ1n) is 5.26. The van der Waals surface area contributed by atoms with Gasteiger partial charge in [0.1, 0.15) is 9.84 Å². The van der Waals surface area contributed by atoms with Gasteiger partial charge in [-0.05, 0) is 19.3 Å². The molecule has 0 aromatic carbocycles. The van der Waals surface area contributed by atoms with Gasteiger partial charge < -0.3 is 5.32 Å². The number of hydrogen-bond donors (Lipinski definition) is 1. The van der Waals surface area contributed by atoms with Gasteiger partial charge in [-0.2, -0.15) is 0 Å². The van der Waals surface area contributed by atoms with Crippen LogP contribution in [0.4, 0.5) is 0 Å². The molecule has 0 spiro atoms. The van der Waals surface area contributed by atoms with Crippen LogP contribution in [0.1, 0.15) is 33.6 Å². The molecule has 0 bridgehead atoms. The van der Waals surface area contributed by atoms with Gasteiger partial charge in [0.25, 0.3) is 0 Å². The quantitative estimate of drug-likeness (QED) is 0.707. The van der Waals surface area contributed by atoms with Gasteiger partial charge in [0.15, 0.2) is 0 Å². The first-order chi connectivity index (χ1) is 6.35. The average Bonchev–Trinajstić information content (AvgIpc) is 2.01. The van der Waals surface area contributed by atoms with E-state index in [9.17, 15) is 8.42 Å². The van der Waals surface area contributed by atoms with Crippen molar-refractivity contribution in [2.24, 2.45) is 5.92 Å². The molecule has 0 aromatic rings. The Bertz CT molecular complexity index is 237. The third-order valence-corrected chi connectivity index (χ3v) is 3.36. The fraction of sp³-hybridized carbons (Fsp3) is 1.00. The van der Waals surface area contributed by atoms with Crippen LogP contribution in [0.5, 0.6) is 0 Å². The van der Waals surface area contributed by atoms with Gasteiger partial charge in [0.2, 0.25) is 0 Å². The van der Waals surface area contributed by atoms with Crippen LogP contribution in [0, 0.1) is 5.92 Å². The second kappa shape index (κ2) is 6.40. The molecule has 0 aromatic heterocycles. The zero-order valence-corrected chi connectivity index (χ0v) is 10.5. The molecule has 0 aliphatic rings. The summed E-state index contributed by atoms with van der Waals surface area (Å²) in [6.07, 6.45) is 3.56. The highest BCUT2D eigenvalue weighted by molar-refractivity contribution is 7.90. The maximum Gasteiger partial charge on any atom is 0.148 e. The Hall–Kier alpha value is -0.0900. The lowest BCUT2D eigenvalue weighted by atomic mass is 10.0. The molecule has 0 rings (SSSR count). The van der Waals surface area contributed by atoms with E-state index >= 15 is 0 Å². The van der Waals surface area contributed by atoms with Crippen LogP contribution in [0.25, 0.3) is 0 Å². The Morgan fingerprint density at radius 2 is 1.86 bits per heavy atom. The maximum absolute atomic E-state index is 10.9. The van der Waals surface area contributed by atoms with Crippen LogP contribution in [0.15, 0.2) is 0 Å². The first-order valence-corrected chi connectivity index (χ1v) is 7.32. The van der Waals surface area contributed by atoms with Crippen LogP contribution in [-0.4, -0.2) is 33.0 Å². The predicted molar refractivity (Wildman–Crippen MR) is 61.2 cm³/mol. The van der Waals surface area contributed by atoms with Crippen LogP contribution in [0.2, 0.25) is 0 Å². The Labute approximate surface area is 88.2 Å². The van der Waals surface area contributed by atoms with Crippen LogP contribution < -0.4 is 5.32 Å². The van der Waals surface area contributed by atoms with E-state index in [-0.39, 0.29) is 5.75 Å². The molecular formula is C10H23NO2S. The zero-order chi connectivity index (χ0) is 11.2. The van der Waals surface area contributed by atoms with Crippen molar-refractivity contribution in [1.82, 2.24) is 5.32 Å². The van der Waals surface area contributed by atoms with E-state index < -0.39 is 9.84 Å². The van der Waals surface area contributed by atoms with Gasteiger partial charge >= 0.3 is 0 Å². The van der Waals surface area contributed by atoms with Crippen molar-refractivity contribution >= 4 is 9.84 Å². The Kier molecular flexibility index (Phi) is 6.36. The molecule has 0 aliphatic heterocycles. The van der Waals surface area contributed by atoms with Crippen molar-refractivity contribution in [1.29, 1.82) is 0 Å². The molecule has 0 amide bonds. The van der Waals surface area contributed by atoms with Gasteiger partial charge in [0, 0.05) is 18.8 Å². The lowest BCUT2D eigenvalue weighted by molar-refractivity contribution is 0.419. The molecule has 3 nitrogen and oxygen atoms in total. The SMILES string of the molecule is CCC(C)CC(C)NCCS(C)(=O)=O. The predicted octanol–water partition coefficient (Wildman–Crippen LogP) is 1.45. The first kappa shape index (κ1) is 13.9. The molecule has 0 saturated carbocycles. The summed E-state index contributed by atoms with van der Waals surface area (Å²) >= 11 is 0. The molecule has 2 atom stereocenters. The molecule has 0 fully saturated rings. The lowest BCUT2D eigenvalue weighted by Crippen LogP contribution is -2.31. The Balaban J connectivity index is 3.59. The minimum atomic E-state index is -2.82. The van der Waals surface area contributed by atoms with Gasteiger partial charge in [-0.1, -0.05) is 20.3 Å². The minimum absolute atomic E-state index is 0.234. The Morgan fingerprint density at radius 3 is 2.29 bits per heavy atom. The number of rotatable bonds is 7. The average molecular weight is 221 g/mol. The molecule has 1 N–H and O–H groups in total. The molecule has 0 radical (unpaired) electrons. The smallest absolute Gasteiger partial charge is 0.148 e. The molecular weight excluding hydrogens is 198 g/mol. The summed E-state index contributed by atoms with van der Waals surface area (Å²) in [5, 5.41) is 3.23. The molecule has 86 valence electrons. The molecule has 0 saturated heterocycles. The largest absolute Gasteiger partial charge is 0.313 e. The highest BCUT2D eigenvalue weighted by Gasteiger charge is 2.07. The standard InChI is InChI=1S/C10H23NO2S/c1-5-9(2)8-10(3)11-6-7-14(4,12)13/h9-11H,5-8H2,1-4H3. The van der Waals surface area contributed by atoms with Crippen LogP contribution in [0.3, 0.4) is 0 Å². The van der Waals surface area contributed by atoms with E-state index in [2.05, 4.69) is 26.1 Å². The van der Waals surface area contributed by atoms with Crippen molar-refractivity contribution in [3.05, 3.63) is 0 Å². The topological polar surface area (TPSA) is 46.2 Å². The fourth-order valence-electron chi connectivity index (χ4n) is 1.34. The summed E-state index contributed by atoms with van der Waals surface area (Å²) in [4.78, 5) is 0. The van der Waals surface area contributed by atoms with Gasteiger partial charge in [-0.15, -0.1) is 0 Å². The maximum atomic E-state index is 10.9. The normalized spacial score (nSPS) is 16.6. The van der Waals surface area contributed by atoms with Crippen molar-refractivity contribution in [3.8, 4) is 0 Å². The molecule has 2 unspecified atom stereocenters. The van der Waals surface area contributed by atoms with Crippen molar-refractivity contribution < 1.29 is 8.42 Å². The third-order valence-electron chi connectivity index (χ3n) is 2.42. The molecule has 0 heterocycles. The van der Waals surface area contributed by atoms with E-state index in [0.29, 0.717) is 18.5 Å². The summed E-state index contributed by atoms with van der Waals surface area (Å²) in [5.41, 5.74) is 0. The molecule has 14 heavy (non-hydrogen) atoms. The third kappa shape index (κ3) is 8.51. The van der Waals surface area contributed by atoms with E-state index in [1.54, 1.807) is 0 Å². The fourth-order valence-corrected chi connectivity index (χ4v) is 1.83. The number of nitrogens with one attached hydrogen (secondary N) is 1. The molecule has 0 aliphatic carbocycles. The zero-order valence-electron chi connectivity index (χ0n) is 9.71. The van der Waals surface area contributed by atoms with E-state index in [1.807, 2.05) is 0 Å². The second-order valence-electron chi connectivity index (χ2n) is 4.23. The molecule has 4 heteroatoms. The Morgan fingerprint density at radius 1 is 1.29 bits per heavy atom. The monoisotopic (exact) mass is 221 g/mol. The van der Waals surface area contributed by atoms with Gasteiger partial charge in [-0.3, -0.25) is 0 Å². The lowest BCUT2D eigenvalue weighted by Gasteiger charge is -2.17. The highest BCUT2D eigenvalue weighted by atomic mass is 32.2. The summed E-state index contributed by atoms with van der Waals surface area (Å²) in [6.45, 7) is 7.06. The van der Waals surface area contributed by atoms with E-state index in [4.69, 9.17) is 0 Å². The summed E-state index contributed by atoms with van der Waals surface area (Å²) in [6, 6.07) is 0.409. The van der Waals surface area contributed by atoms with E-state index in [1.165, 1.54) is 12.7 Å². The highest BCUT2D eigenvalue weighted by Crippen LogP contribution is 2.08. The van der Waals surface area contributed by atoms with Crippen LogP contribution in [-0.2, 0) is 9.84 Å². The summed E-state index contributed by atoms with van der Waals surface area (Å²) in [5.74, 6) is 0.938. The summed E-state index contributed by atoms with van der Waals surface area (Å²) < 4.78 is 21.7. The second-order valence-corrected chi connectivity index (χ2v) is 6.49. The van der Waals surface area contributed by atoms with Crippen molar-refractivity contribution in [3.63, 3.8) is 0 Å².